The van der Waals surface area contributed by atoms with Crippen molar-refractivity contribution in [3.8, 4) is 0 Å². The van der Waals surface area contributed by atoms with E-state index in [-0.39, 0.29) is 84.0 Å². The first-order valence-electron chi connectivity index (χ1n) is 21.3. The van der Waals surface area contributed by atoms with Gasteiger partial charge in [0.05, 0.1) is 65.9 Å². The second-order valence-corrected chi connectivity index (χ2v) is 18.2. The lowest BCUT2D eigenvalue weighted by atomic mass is 9.94. The number of aryl methyl sites for hydroxylation is 4. The van der Waals surface area contributed by atoms with Gasteiger partial charge in [0.1, 0.15) is 6.10 Å². The van der Waals surface area contributed by atoms with E-state index in [1.807, 2.05) is 93.5 Å². The smallest absolute Gasteiger partial charge is 0.340 e. The van der Waals surface area contributed by atoms with Crippen molar-refractivity contribution in [3.05, 3.63) is 82.0 Å². The fraction of sp³-hybridized carbons (Fsp3) is 0.583. The molecule has 0 saturated carbocycles. The van der Waals surface area contributed by atoms with E-state index in [4.69, 9.17) is 23.7 Å². The monoisotopic (exact) mass is 848 g/mol. The van der Waals surface area contributed by atoms with Gasteiger partial charge < -0.3 is 44.5 Å². The minimum Gasteiger partial charge on any atom is -0.478 e. The van der Waals surface area contributed by atoms with Crippen LogP contribution in [0, 0.1) is 51.4 Å². The molecule has 2 amide bonds. The molecular weight excluding hydrogens is 781 g/mol. The SMILES string of the molecule is Cc1cc(C)c(C(=O)O)c(NC(=O)C[C@@H]2OC(C)(C)O[C@@H]2C(C)/C=C\[C@@H](C)[C@@H](C)O)c1.Cc1cc(C)c2c(c1)NC(=O)C[C@@H]1OC(C)(C)O[C@@H]1C(C)/C=C\[C@@H](C)[C@H](C)OC2=O. The minimum atomic E-state index is -1.08. The standard InChI is InChI=1S/C24H35NO6.C24H33NO5/c1-13-10-16(4)21(23(28)29)18(11-13)25-20(27)12-19-22(31-24(6,7)30-19)15(3)9-8-14(2)17(5)26;1-13-10-16(4)21-18(11-13)25-20(26)12-19-22(30-24(6,7)29-19)15(3)9-8-14(2)17(5)28-23(21)27/h8-11,14-15,17,19,22,26H,12H2,1-7H3,(H,25,27)(H,28,29);8-11,14-15,17,19,22H,12H2,1-7H3,(H,25,26)/b2*9-8-/t14-,15?,17-,19+,22-;14-,15?,17+,19+,22-/m11/s1. The molecule has 3 heterocycles. The molecule has 2 aromatic carbocycles. The summed E-state index contributed by atoms with van der Waals surface area (Å²) in [6.45, 7) is 26.3. The number of aromatic carboxylic acids is 1. The van der Waals surface area contributed by atoms with Crippen molar-refractivity contribution in [2.45, 2.75) is 158 Å². The van der Waals surface area contributed by atoms with Crippen LogP contribution in [-0.2, 0) is 33.3 Å². The number of aliphatic hydroxyl groups excluding tert-OH is 1. The number of hydrogen-bond acceptors (Lipinski definition) is 10. The van der Waals surface area contributed by atoms with E-state index in [9.17, 15) is 29.4 Å². The number of carbonyl (C=O) groups is 4. The van der Waals surface area contributed by atoms with Gasteiger partial charge in [-0.05, 0) is 110 Å². The molecule has 10 atom stereocenters. The number of nitrogens with one attached hydrogen (secondary N) is 2. The third-order valence-electron chi connectivity index (χ3n) is 11.4. The van der Waals surface area contributed by atoms with Gasteiger partial charge in [-0.3, -0.25) is 9.59 Å². The number of hydrogen-bond donors (Lipinski definition) is 4. The Morgan fingerprint density at radius 1 is 0.852 bits per heavy atom. The number of carboxylic acids is 1. The summed E-state index contributed by atoms with van der Waals surface area (Å²) in [7, 11) is 0. The van der Waals surface area contributed by atoms with Gasteiger partial charge in [0.25, 0.3) is 0 Å². The summed E-state index contributed by atoms with van der Waals surface area (Å²) in [5.74, 6) is -3.65. The van der Waals surface area contributed by atoms with E-state index in [1.165, 1.54) is 0 Å². The lowest BCUT2D eigenvalue weighted by Crippen LogP contribution is -2.33. The minimum absolute atomic E-state index is 0.00136. The van der Waals surface area contributed by atoms with E-state index in [0.29, 0.717) is 16.8 Å². The molecule has 0 bridgehead atoms. The van der Waals surface area contributed by atoms with Crippen LogP contribution in [0.4, 0.5) is 11.4 Å². The number of benzene rings is 2. The Hall–Kier alpha value is -4.40. The highest BCUT2D eigenvalue weighted by Gasteiger charge is 2.45. The Balaban J connectivity index is 0.000000269. The van der Waals surface area contributed by atoms with E-state index in [1.54, 1.807) is 45.9 Å². The molecule has 0 radical (unpaired) electrons. The Morgan fingerprint density at radius 2 is 1.46 bits per heavy atom. The van der Waals surface area contributed by atoms with Crippen molar-refractivity contribution in [1.82, 2.24) is 0 Å². The van der Waals surface area contributed by atoms with E-state index < -0.39 is 35.7 Å². The summed E-state index contributed by atoms with van der Waals surface area (Å²) < 4.78 is 30.0. The highest BCUT2D eigenvalue weighted by atomic mass is 16.8. The Kier molecular flexibility index (Phi) is 16.3. The first kappa shape index (κ1) is 49.3. The van der Waals surface area contributed by atoms with Gasteiger partial charge >= 0.3 is 11.9 Å². The van der Waals surface area contributed by atoms with Gasteiger partial charge in [0.2, 0.25) is 11.8 Å². The third kappa shape index (κ3) is 13.3. The van der Waals surface area contributed by atoms with Gasteiger partial charge in [-0.1, -0.05) is 64.1 Å². The van der Waals surface area contributed by atoms with Crippen LogP contribution in [0.3, 0.4) is 0 Å². The molecule has 4 N–H and O–H groups in total. The number of anilines is 2. The predicted octanol–water partition coefficient (Wildman–Crippen LogP) is 8.60. The zero-order chi connectivity index (χ0) is 45.7. The van der Waals surface area contributed by atoms with Crippen LogP contribution < -0.4 is 10.6 Å². The average Bonchev–Trinajstić information content (AvgIpc) is 3.60. The van der Waals surface area contributed by atoms with E-state index >= 15 is 0 Å². The molecule has 0 aliphatic carbocycles. The quantitative estimate of drug-likeness (QED) is 0.148. The van der Waals surface area contributed by atoms with Crippen molar-refractivity contribution >= 4 is 35.1 Å². The van der Waals surface area contributed by atoms with Crippen LogP contribution in [0.15, 0.2) is 48.6 Å². The van der Waals surface area contributed by atoms with Crippen molar-refractivity contribution in [2.24, 2.45) is 23.7 Å². The van der Waals surface area contributed by atoms with Crippen LogP contribution in [0.2, 0.25) is 0 Å². The van der Waals surface area contributed by atoms with Crippen LogP contribution in [0.1, 0.15) is 125 Å². The highest BCUT2D eigenvalue weighted by Crippen LogP contribution is 2.37. The van der Waals surface area contributed by atoms with E-state index in [2.05, 4.69) is 16.7 Å². The lowest BCUT2D eigenvalue weighted by Gasteiger charge is -2.24. The molecule has 336 valence electrons. The van der Waals surface area contributed by atoms with Crippen LogP contribution in [-0.4, -0.2) is 82.2 Å². The first-order valence-corrected chi connectivity index (χ1v) is 21.3. The van der Waals surface area contributed by atoms with Crippen molar-refractivity contribution in [2.75, 3.05) is 10.6 Å². The zero-order valence-electron chi connectivity index (χ0n) is 38.4. The average molecular weight is 849 g/mol. The van der Waals surface area contributed by atoms with Gasteiger partial charge in [0, 0.05) is 17.8 Å². The number of aliphatic hydroxyl groups is 1. The Morgan fingerprint density at radius 3 is 2.10 bits per heavy atom. The Bertz CT molecular complexity index is 1990. The summed E-state index contributed by atoms with van der Waals surface area (Å²) in [5, 5.41) is 24.9. The van der Waals surface area contributed by atoms with Crippen molar-refractivity contribution in [3.63, 3.8) is 0 Å². The van der Waals surface area contributed by atoms with Crippen molar-refractivity contribution < 1.29 is 53.1 Å². The number of esters is 1. The fourth-order valence-electron chi connectivity index (χ4n) is 7.96. The molecule has 2 saturated heterocycles. The van der Waals surface area contributed by atoms with Gasteiger partial charge in [-0.15, -0.1) is 0 Å². The van der Waals surface area contributed by atoms with Gasteiger partial charge in [-0.25, -0.2) is 9.59 Å². The molecule has 2 unspecified atom stereocenters. The molecule has 3 aliphatic rings. The van der Waals surface area contributed by atoms with Crippen LogP contribution in [0.25, 0.3) is 0 Å². The lowest BCUT2D eigenvalue weighted by molar-refractivity contribution is -0.150. The van der Waals surface area contributed by atoms with Gasteiger partial charge in [-0.2, -0.15) is 0 Å². The molecule has 3 aliphatic heterocycles. The molecule has 0 aromatic heterocycles. The number of rotatable bonds is 8. The molecule has 13 heteroatoms. The molecular formula is C48H68N2O11. The number of carbonyl (C=O) groups excluding carboxylic acids is 3. The second-order valence-electron chi connectivity index (χ2n) is 18.2. The maximum absolute atomic E-state index is 13.0. The molecule has 5 rings (SSSR count). The number of cyclic esters (lactones) is 1. The zero-order valence-corrected chi connectivity index (χ0v) is 38.4. The number of amides is 2. The summed E-state index contributed by atoms with van der Waals surface area (Å²) in [6, 6.07) is 7.15. The molecule has 61 heavy (non-hydrogen) atoms. The predicted molar refractivity (Wildman–Crippen MR) is 234 cm³/mol. The molecule has 2 fully saturated rings. The summed E-state index contributed by atoms with van der Waals surface area (Å²) in [4.78, 5) is 50.3. The van der Waals surface area contributed by atoms with Crippen LogP contribution in [0.5, 0.6) is 0 Å². The topological polar surface area (TPSA) is 179 Å². The number of ether oxygens (including phenoxy) is 5. The normalized spacial score (nSPS) is 28.1. The maximum Gasteiger partial charge on any atom is 0.340 e. The number of carboxylic acid groups (broad SMARTS) is 1. The first-order chi connectivity index (χ1) is 28.3. The molecule has 13 nitrogen and oxygen atoms in total. The maximum atomic E-state index is 13.0. The second kappa shape index (κ2) is 20.2. The number of fused-ring (bicyclic) bond motifs is 2. The summed E-state index contributed by atoms with van der Waals surface area (Å²) >= 11 is 0. The van der Waals surface area contributed by atoms with Gasteiger partial charge in [0.15, 0.2) is 11.6 Å². The molecule has 0 spiro atoms. The molecule has 2 aromatic rings. The largest absolute Gasteiger partial charge is 0.478 e. The summed E-state index contributed by atoms with van der Waals surface area (Å²) in [5.41, 5.74) is 4.41. The van der Waals surface area contributed by atoms with Crippen LogP contribution >= 0.6 is 0 Å². The van der Waals surface area contributed by atoms with E-state index in [0.717, 1.165) is 16.7 Å². The Labute approximate surface area is 361 Å². The fourth-order valence-corrected chi connectivity index (χ4v) is 7.96. The summed E-state index contributed by atoms with van der Waals surface area (Å²) in [6.07, 6.45) is 5.96. The van der Waals surface area contributed by atoms with Crippen molar-refractivity contribution in [1.29, 1.82) is 0 Å². The highest BCUT2D eigenvalue weighted by molar-refractivity contribution is 6.03. The third-order valence-corrected chi connectivity index (χ3v) is 11.4.